The largest absolute Gasteiger partial charge is 0.378 e. The normalized spacial score (nSPS) is 28.3. The van der Waals surface area contributed by atoms with Crippen molar-refractivity contribution in [2.75, 3.05) is 0 Å². The van der Waals surface area contributed by atoms with Crippen LogP contribution in [0.15, 0.2) is 24.3 Å². The molecular formula is C14H16FNO. The van der Waals surface area contributed by atoms with Gasteiger partial charge in [-0.2, -0.15) is 0 Å². The van der Waals surface area contributed by atoms with Gasteiger partial charge in [-0.3, -0.25) is 0 Å². The van der Waals surface area contributed by atoms with Gasteiger partial charge in [-0.15, -0.1) is 0 Å². The van der Waals surface area contributed by atoms with Gasteiger partial charge in [-0.25, -0.2) is 4.39 Å². The Morgan fingerprint density at radius 3 is 3.00 bits per heavy atom. The van der Waals surface area contributed by atoms with E-state index in [1.54, 1.807) is 12.1 Å². The maximum absolute atomic E-state index is 12.9. The van der Waals surface area contributed by atoms with Gasteiger partial charge in [0.2, 0.25) is 0 Å². The van der Waals surface area contributed by atoms with Crippen LogP contribution >= 0.6 is 0 Å². The van der Waals surface area contributed by atoms with E-state index in [2.05, 4.69) is 11.8 Å². The fourth-order valence-electron chi connectivity index (χ4n) is 2.16. The highest BCUT2D eigenvalue weighted by Crippen LogP contribution is 2.26. The van der Waals surface area contributed by atoms with Crippen LogP contribution in [0.25, 0.3) is 0 Å². The molecular weight excluding hydrogens is 217 g/mol. The van der Waals surface area contributed by atoms with Gasteiger partial charge in [0.1, 0.15) is 11.4 Å². The van der Waals surface area contributed by atoms with Crippen molar-refractivity contribution >= 4 is 0 Å². The fraction of sp³-hybridized carbons (Fsp3) is 0.429. The minimum atomic E-state index is -1.01. The summed E-state index contributed by atoms with van der Waals surface area (Å²) >= 11 is 0. The molecule has 90 valence electrons. The molecule has 0 aromatic heterocycles. The summed E-state index contributed by atoms with van der Waals surface area (Å²) in [6.07, 6.45) is 2.96. The van der Waals surface area contributed by atoms with Crippen molar-refractivity contribution in [1.82, 2.24) is 0 Å². The lowest BCUT2D eigenvalue weighted by atomic mass is 9.82. The average molecular weight is 233 g/mol. The van der Waals surface area contributed by atoms with Gasteiger partial charge in [0.15, 0.2) is 0 Å². The third kappa shape index (κ3) is 3.29. The number of benzene rings is 1. The summed E-state index contributed by atoms with van der Waals surface area (Å²) in [7, 11) is 0. The maximum atomic E-state index is 12.9. The van der Waals surface area contributed by atoms with E-state index in [0.717, 1.165) is 12.8 Å². The van der Waals surface area contributed by atoms with E-state index in [-0.39, 0.29) is 11.9 Å². The Balaban J connectivity index is 2.15. The lowest BCUT2D eigenvalue weighted by molar-refractivity contribution is 0.0532. The second kappa shape index (κ2) is 4.87. The van der Waals surface area contributed by atoms with Crippen LogP contribution in [0, 0.1) is 17.7 Å². The number of hydrogen-bond donors (Lipinski definition) is 2. The second-order valence-corrected chi connectivity index (χ2v) is 4.65. The molecule has 17 heavy (non-hydrogen) atoms. The molecule has 2 rings (SSSR count). The van der Waals surface area contributed by atoms with Crippen LogP contribution < -0.4 is 5.73 Å². The van der Waals surface area contributed by atoms with Crippen LogP contribution in [0.1, 0.15) is 31.2 Å². The number of hydrogen-bond acceptors (Lipinski definition) is 2. The lowest BCUT2D eigenvalue weighted by Gasteiger charge is -2.30. The summed E-state index contributed by atoms with van der Waals surface area (Å²) in [6, 6.07) is 6.07. The number of rotatable bonds is 0. The Labute approximate surface area is 101 Å². The van der Waals surface area contributed by atoms with Crippen molar-refractivity contribution in [3.05, 3.63) is 35.6 Å². The maximum Gasteiger partial charge on any atom is 0.127 e. The smallest absolute Gasteiger partial charge is 0.127 e. The van der Waals surface area contributed by atoms with Crippen LogP contribution in [0.2, 0.25) is 0 Å². The Bertz CT molecular complexity index is 463. The van der Waals surface area contributed by atoms with Crippen molar-refractivity contribution in [3.63, 3.8) is 0 Å². The first-order valence-corrected chi connectivity index (χ1v) is 5.84. The average Bonchev–Trinajstić information content (AvgIpc) is 2.26. The minimum absolute atomic E-state index is 0.00978. The molecule has 2 atom stereocenters. The van der Waals surface area contributed by atoms with Crippen molar-refractivity contribution in [2.45, 2.75) is 37.3 Å². The molecule has 1 aromatic rings. The first-order chi connectivity index (χ1) is 8.07. The highest BCUT2D eigenvalue weighted by atomic mass is 19.1. The van der Waals surface area contributed by atoms with Crippen LogP contribution in [-0.2, 0) is 0 Å². The fourth-order valence-corrected chi connectivity index (χ4v) is 2.16. The van der Waals surface area contributed by atoms with Gasteiger partial charge in [-0.1, -0.05) is 17.9 Å². The van der Waals surface area contributed by atoms with Crippen LogP contribution in [-0.4, -0.2) is 16.7 Å². The van der Waals surface area contributed by atoms with Gasteiger partial charge in [0, 0.05) is 18.0 Å². The summed E-state index contributed by atoms with van der Waals surface area (Å²) in [5.41, 5.74) is 5.39. The predicted molar refractivity (Wildman–Crippen MR) is 64.7 cm³/mol. The Kier molecular flexibility index (Phi) is 3.46. The third-order valence-corrected chi connectivity index (χ3v) is 3.03. The number of aliphatic hydroxyl groups is 1. The van der Waals surface area contributed by atoms with Crippen LogP contribution in [0.5, 0.6) is 0 Å². The van der Waals surface area contributed by atoms with Crippen molar-refractivity contribution < 1.29 is 9.50 Å². The second-order valence-electron chi connectivity index (χ2n) is 4.65. The first kappa shape index (κ1) is 12.1. The van der Waals surface area contributed by atoms with E-state index in [1.807, 2.05) is 0 Å². The summed E-state index contributed by atoms with van der Waals surface area (Å²) < 4.78 is 12.9. The van der Waals surface area contributed by atoms with E-state index in [4.69, 9.17) is 5.73 Å². The summed E-state index contributed by atoms with van der Waals surface area (Å²) in [6.45, 7) is 0. The highest BCUT2D eigenvalue weighted by molar-refractivity contribution is 5.36. The van der Waals surface area contributed by atoms with E-state index >= 15 is 0 Å². The predicted octanol–water partition coefficient (Wildman–Crippen LogP) is 1.81. The molecule has 1 aliphatic rings. The van der Waals surface area contributed by atoms with E-state index in [1.165, 1.54) is 12.1 Å². The minimum Gasteiger partial charge on any atom is -0.378 e. The van der Waals surface area contributed by atoms with Gasteiger partial charge in [0.05, 0.1) is 0 Å². The van der Waals surface area contributed by atoms with Crippen LogP contribution in [0.3, 0.4) is 0 Å². The molecule has 0 amide bonds. The summed E-state index contributed by atoms with van der Waals surface area (Å²) in [5, 5.41) is 10.2. The Morgan fingerprint density at radius 2 is 2.29 bits per heavy atom. The molecule has 0 saturated heterocycles. The SMILES string of the molecule is N[C@@H]1CCC[C@](O)(C#Cc2cccc(F)c2)C1. The molecule has 1 aromatic carbocycles. The summed E-state index contributed by atoms with van der Waals surface area (Å²) in [4.78, 5) is 0. The zero-order valence-electron chi connectivity index (χ0n) is 9.62. The summed E-state index contributed by atoms with van der Waals surface area (Å²) in [5.74, 6) is 5.34. The van der Waals surface area contributed by atoms with Gasteiger partial charge in [-0.05, 0) is 37.5 Å². The first-order valence-electron chi connectivity index (χ1n) is 5.84. The Morgan fingerprint density at radius 1 is 1.47 bits per heavy atom. The van der Waals surface area contributed by atoms with Crippen molar-refractivity contribution in [3.8, 4) is 11.8 Å². The molecule has 0 radical (unpaired) electrons. The molecule has 3 heteroatoms. The van der Waals surface area contributed by atoms with Crippen molar-refractivity contribution in [2.24, 2.45) is 5.73 Å². The van der Waals surface area contributed by atoms with Crippen LogP contribution in [0.4, 0.5) is 4.39 Å². The Hall–Kier alpha value is -1.37. The molecule has 0 heterocycles. The molecule has 0 aliphatic heterocycles. The molecule has 0 bridgehead atoms. The zero-order chi connectivity index (χ0) is 12.3. The molecule has 2 nitrogen and oxygen atoms in total. The standard InChI is InChI=1S/C14H16FNO/c15-12-4-1-3-11(9-12)6-8-14(17)7-2-5-13(16)10-14/h1,3-4,9,13,17H,2,5,7,10,16H2/t13-,14+/m1/s1. The molecule has 1 saturated carbocycles. The van der Waals surface area contributed by atoms with Gasteiger partial charge < -0.3 is 10.8 Å². The highest BCUT2D eigenvalue weighted by Gasteiger charge is 2.30. The quantitative estimate of drug-likeness (QED) is 0.671. The van der Waals surface area contributed by atoms with E-state index < -0.39 is 5.60 Å². The molecule has 0 spiro atoms. The number of nitrogens with two attached hydrogens (primary N) is 1. The van der Waals surface area contributed by atoms with Crippen molar-refractivity contribution in [1.29, 1.82) is 0 Å². The van der Waals surface area contributed by atoms with Gasteiger partial charge in [0.25, 0.3) is 0 Å². The molecule has 1 aliphatic carbocycles. The molecule has 3 N–H and O–H groups in total. The van der Waals surface area contributed by atoms with E-state index in [9.17, 15) is 9.50 Å². The lowest BCUT2D eigenvalue weighted by Crippen LogP contribution is -2.40. The molecule has 0 unspecified atom stereocenters. The van der Waals surface area contributed by atoms with E-state index in [0.29, 0.717) is 18.4 Å². The molecule has 1 fully saturated rings. The third-order valence-electron chi connectivity index (χ3n) is 3.03. The van der Waals surface area contributed by atoms with Gasteiger partial charge >= 0.3 is 0 Å². The zero-order valence-corrected chi connectivity index (χ0v) is 9.62. The number of halogens is 1. The topological polar surface area (TPSA) is 46.2 Å². The monoisotopic (exact) mass is 233 g/mol.